The van der Waals surface area contributed by atoms with E-state index in [0.717, 1.165) is 6.42 Å². The van der Waals surface area contributed by atoms with E-state index in [-0.39, 0.29) is 42.7 Å². The Bertz CT molecular complexity index is 1380. The molecule has 1 unspecified atom stereocenters. The zero-order valence-corrected chi connectivity index (χ0v) is 31.6. The van der Waals surface area contributed by atoms with E-state index < -0.39 is 69.3 Å². The van der Waals surface area contributed by atoms with Crippen molar-refractivity contribution in [3.63, 3.8) is 0 Å². The zero-order valence-electron chi connectivity index (χ0n) is 30.8. The maximum atomic E-state index is 14.4. The number of carbonyl (C=O) groups excluding carboxylic acids is 5. The standard InChI is InChI=1S/C34H59N7O7S/c1-11-13-15-23(27(42)30(44)35-16-12-2)36-29(43)26-25-22(34(25,8)9)19-41(26)31(45)28(33(5,6)7)38-32(46)37-24(21(3)4)20-40-18-14-17-39(10)49(40,47)48/h12,21-26,28H,2,11,13-20H2,1,3-10H3,(H,35,44)(H,36,43)(H2,37,38,46)/t22-,23?,24+,25-,26-,28+/m0/s1. The first-order chi connectivity index (χ1) is 22.7. The molecule has 3 aliphatic rings. The van der Waals surface area contributed by atoms with Crippen LogP contribution in [0.1, 0.15) is 81.1 Å². The number of ketones is 1. The second kappa shape index (κ2) is 15.9. The van der Waals surface area contributed by atoms with E-state index >= 15 is 0 Å². The summed E-state index contributed by atoms with van der Waals surface area (Å²) in [7, 11) is -2.11. The van der Waals surface area contributed by atoms with Crippen LogP contribution < -0.4 is 21.3 Å². The minimum atomic E-state index is -3.64. The van der Waals surface area contributed by atoms with E-state index in [2.05, 4.69) is 27.8 Å². The average Bonchev–Trinajstić information content (AvgIpc) is 3.32. The van der Waals surface area contributed by atoms with Gasteiger partial charge in [-0.2, -0.15) is 17.0 Å². The first-order valence-electron chi connectivity index (χ1n) is 17.5. The molecule has 0 radical (unpaired) electrons. The number of hydrogen-bond acceptors (Lipinski definition) is 7. The maximum absolute atomic E-state index is 14.4. The fourth-order valence-electron chi connectivity index (χ4n) is 7.04. The Labute approximate surface area is 292 Å². The number of likely N-dealkylation sites (tertiary alicyclic amines) is 1. The number of nitrogens with zero attached hydrogens (tertiary/aromatic N) is 3. The van der Waals surface area contributed by atoms with E-state index in [1.54, 1.807) is 0 Å². The van der Waals surface area contributed by atoms with Crippen molar-refractivity contribution in [1.29, 1.82) is 0 Å². The van der Waals surface area contributed by atoms with Gasteiger partial charge in [-0.05, 0) is 41.4 Å². The summed E-state index contributed by atoms with van der Waals surface area (Å²) in [5.41, 5.74) is -0.967. The van der Waals surface area contributed by atoms with Crippen LogP contribution in [0.4, 0.5) is 4.79 Å². The molecule has 0 aromatic carbocycles. The van der Waals surface area contributed by atoms with E-state index in [9.17, 15) is 32.4 Å². The molecule has 0 spiro atoms. The molecule has 2 saturated heterocycles. The molecule has 2 heterocycles. The monoisotopic (exact) mass is 709 g/mol. The van der Waals surface area contributed by atoms with Crippen molar-refractivity contribution in [2.75, 3.05) is 39.8 Å². The number of rotatable bonds is 15. The molecule has 278 valence electrons. The third-order valence-electron chi connectivity index (χ3n) is 10.4. The molecule has 0 aromatic rings. The molecule has 1 saturated carbocycles. The summed E-state index contributed by atoms with van der Waals surface area (Å²) in [5, 5.41) is 11.1. The third-order valence-corrected chi connectivity index (χ3v) is 12.3. The number of Topliss-reactive ketones (excluding diaryl/α,β-unsaturated/α-hetero) is 1. The minimum Gasteiger partial charge on any atom is -0.346 e. The lowest BCUT2D eigenvalue weighted by Gasteiger charge is -2.38. The van der Waals surface area contributed by atoms with Crippen LogP contribution in [0.3, 0.4) is 0 Å². The van der Waals surface area contributed by atoms with Gasteiger partial charge in [0.2, 0.25) is 17.6 Å². The number of amides is 5. The van der Waals surface area contributed by atoms with Gasteiger partial charge in [0.15, 0.2) is 0 Å². The van der Waals surface area contributed by atoms with Crippen LogP contribution in [-0.4, -0.2) is 115 Å². The number of unbranched alkanes of at least 4 members (excludes halogenated alkanes) is 1. The van der Waals surface area contributed by atoms with Gasteiger partial charge in [-0.15, -0.1) is 6.58 Å². The largest absolute Gasteiger partial charge is 0.346 e. The van der Waals surface area contributed by atoms with Gasteiger partial charge in [0.1, 0.15) is 12.1 Å². The molecule has 49 heavy (non-hydrogen) atoms. The predicted octanol–water partition coefficient (Wildman–Crippen LogP) is 1.64. The van der Waals surface area contributed by atoms with Gasteiger partial charge >= 0.3 is 6.03 Å². The van der Waals surface area contributed by atoms with Gasteiger partial charge in [-0.3, -0.25) is 19.2 Å². The highest BCUT2D eigenvalue weighted by Gasteiger charge is 2.70. The van der Waals surface area contributed by atoms with Crippen molar-refractivity contribution in [2.24, 2.45) is 28.6 Å². The van der Waals surface area contributed by atoms with E-state index in [4.69, 9.17) is 0 Å². The Morgan fingerprint density at radius 1 is 1.04 bits per heavy atom. The molecule has 1 aliphatic carbocycles. The highest BCUT2D eigenvalue weighted by atomic mass is 32.2. The summed E-state index contributed by atoms with van der Waals surface area (Å²) in [5.74, 6) is -2.69. The number of urea groups is 1. The van der Waals surface area contributed by atoms with Gasteiger partial charge in [0, 0.05) is 45.8 Å². The molecule has 15 heteroatoms. The summed E-state index contributed by atoms with van der Waals surface area (Å²) in [6.07, 6.45) is 3.78. The van der Waals surface area contributed by atoms with Crippen LogP contribution in [0.2, 0.25) is 0 Å². The van der Waals surface area contributed by atoms with Crippen molar-refractivity contribution in [1.82, 2.24) is 34.8 Å². The molecule has 14 nitrogen and oxygen atoms in total. The van der Waals surface area contributed by atoms with Crippen LogP contribution in [0.5, 0.6) is 0 Å². The first kappa shape index (κ1) is 40.4. The van der Waals surface area contributed by atoms with E-state index in [0.29, 0.717) is 32.5 Å². The Balaban J connectivity index is 1.81. The number of nitrogens with one attached hydrogen (secondary N) is 4. The summed E-state index contributed by atoms with van der Waals surface area (Å²) in [4.78, 5) is 69.0. The molecule has 3 rings (SSSR count). The highest BCUT2D eigenvalue weighted by Crippen LogP contribution is 2.65. The number of piperidine rings is 1. The molecular formula is C34H59N7O7S. The second-order valence-electron chi connectivity index (χ2n) is 15.8. The van der Waals surface area contributed by atoms with Crippen molar-refractivity contribution in [3.8, 4) is 0 Å². The van der Waals surface area contributed by atoms with Gasteiger partial charge in [0.25, 0.3) is 16.1 Å². The van der Waals surface area contributed by atoms with Crippen LogP contribution in [0.15, 0.2) is 12.7 Å². The molecule has 0 aromatic heterocycles. The maximum Gasteiger partial charge on any atom is 0.315 e. The summed E-state index contributed by atoms with van der Waals surface area (Å²) >= 11 is 0. The molecule has 2 aliphatic heterocycles. The van der Waals surface area contributed by atoms with Gasteiger partial charge in [-0.25, -0.2) is 4.79 Å². The lowest BCUT2D eigenvalue weighted by molar-refractivity contribution is -0.145. The molecule has 4 N–H and O–H groups in total. The van der Waals surface area contributed by atoms with Crippen molar-refractivity contribution < 1.29 is 32.4 Å². The minimum absolute atomic E-state index is 0.0530. The Kier molecular flexibility index (Phi) is 13.1. The fourth-order valence-corrected chi connectivity index (χ4v) is 8.50. The molecule has 3 fully saturated rings. The topological polar surface area (TPSA) is 177 Å². The Morgan fingerprint density at radius 2 is 1.69 bits per heavy atom. The van der Waals surface area contributed by atoms with Gasteiger partial charge in [0.05, 0.1) is 6.04 Å². The molecule has 5 amide bonds. The Morgan fingerprint density at radius 3 is 2.27 bits per heavy atom. The quantitative estimate of drug-likeness (QED) is 0.148. The summed E-state index contributed by atoms with van der Waals surface area (Å²) < 4.78 is 28.5. The number of hydrogen-bond donors (Lipinski definition) is 4. The SMILES string of the molecule is C=CCNC(=O)C(=O)C(CCCC)NC(=O)[C@@H]1[C@@H]2[C@H](CN1C(=O)[C@@H](NC(=O)N[C@H](CN1CCCN(C)S1(=O)=O)C(C)C)C(C)(C)C)C2(C)C. The number of fused-ring (bicyclic) bond motifs is 1. The fraction of sp³-hybridized carbons (Fsp3) is 0.794. The normalized spacial score (nSPS) is 25.0. The highest BCUT2D eigenvalue weighted by molar-refractivity contribution is 7.86. The van der Waals surface area contributed by atoms with Gasteiger partial charge in [-0.1, -0.05) is 74.3 Å². The van der Waals surface area contributed by atoms with Crippen LogP contribution in [0, 0.1) is 28.6 Å². The predicted molar refractivity (Wildman–Crippen MR) is 187 cm³/mol. The zero-order chi connectivity index (χ0) is 37.1. The average molecular weight is 710 g/mol. The molecule has 0 bridgehead atoms. The Hall–Kier alpha value is -3.04. The lowest BCUT2D eigenvalue weighted by Crippen LogP contribution is -2.62. The van der Waals surface area contributed by atoms with Gasteiger partial charge < -0.3 is 26.2 Å². The van der Waals surface area contributed by atoms with Crippen LogP contribution in [0.25, 0.3) is 0 Å². The van der Waals surface area contributed by atoms with Crippen molar-refractivity contribution in [2.45, 2.75) is 105 Å². The third kappa shape index (κ3) is 9.20. The van der Waals surface area contributed by atoms with Crippen molar-refractivity contribution in [3.05, 3.63) is 12.7 Å². The van der Waals surface area contributed by atoms with E-state index in [1.165, 1.54) is 26.6 Å². The summed E-state index contributed by atoms with van der Waals surface area (Å²) in [6, 6.07) is -4.11. The summed E-state index contributed by atoms with van der Waals surface area (Å²) in [6.45, 7) is 20.1. The lowest BCUT2D eigenvalue weighted by atomic mass is 9.85. The molecular weight excluding hydrogens is 650 g/mol. The smallest absolute Gasteiger partial charge is 0.315 e. The second-order valence-corrected chi connectivity index (χ2v) is 17.8. The molecule has 6 atom stereocenters. The van der Waals surface area contributed by atoms with Crippen molar-refractivity contribution >= 4 is 39.7 Å². The van der Waals surface area contributed by atoms with Crippen LogP contribution >= 0.6 is 0 Å². The first-order valence-corrected chi connectivity index (χ1v) is 18.9. The number of carbonyl (C=O) groups is 5. The van der Waals surface area contributed by atoms with Crippen LogP contribution in [-0.2, 0) is 29.4 Å². The van der Waals surface area contributed by atoms with E-state index in [1.807, 2.05) is 55.4 Å².